The Kier molecular flexibility index (Phi) is 5.11. The molecule has 2 fully saturated rings. The van der Waals surface area contributed by atoms with E-state index in [4.69, 9.17) is 0 Å². The lowest BCUT2D eigenvalue weighted by Gasteiger charge is -2.39. The van der Waals surface area contributed by atoms with E-state index in [0.717, 1.165) is 23.3 Å². The van der Waals surface area contributed by atoms with E-state index < -0.39 is 0 Å². The lowest BCUT2D eigenvalue weighted by Crippen LogP contribution is -2.47. The molecule has 0 heterocycles. The summed E-state index contributed by atoms with van der Waals surface area (Å²) in [5.74, 6) is 2.01. The van der Waals surface area contributed by atoms with Crippen molar-refractivity contribution < 1.29 is 0 Å². The summed E-state index contributed by atoms with van der Waals surface area (Å²) < 4.78 is 1.28. The monoisotopic (exact) mass is 353 g/mol. The Bertz CT molecular complexity index is 444. The van der Waals surface area contributed by atoms with E-state index >= 15 is 0 Å². The fourth-order valence-electron chi connectivity index (χ4n) is 3.65. The topological polar surface area (TPSA) is 12.0 Å². The highest BCUT2D eigenvalue weighted by molar-refractivity contribution is 9.10. The SMILES string of the molecule is CCSC1CCCC1NC1CC(c2ccccc2Br)C1. The Labute approximate surface area is 135 Å². The van der Waals surface area contributed by atoms with E-state index in [1.807, 2.05) is 0 Å². The third-order valence-electron chi connectivity index (χ3n) is 4.77. The largest absolute Gasteiger partial charge is 0.310 e. The van der Waals surface area contributed by atoms with E-state index in [-0.39, 0.29) is 0 Å². The lowest BCUT2D eigenvalue weighted by atomic mass is 9.75. The molecular weight excluding hydrogens is 330 g/mol. The predicted molar refractivity (Wildman–Crippen MR) is 92.6 cm³/mol. The first-order valence-corrected chi connectivity index (χ1v) is 9.74. The number of thioether (sulfide) groups is 1. The summed E-state index contributed by atoms with van der Waals surface area (Å²) >= 11 is 5.84. The molecule has 110 valence electrons. The minimum atomic E-state index is 0.746. The molecule has 0 bridgehead atoms. The van der Waals surface area contributed by atoms with Gasteiger partial charge in [-0.15, -0.1) is 0 Å². The van der Waals surface area contributed by atoms with Crippen LogP contribution in [0.1, 0.15) is 50.5 Å². The summed E-state index contributed by atoms with van der Waals surface area (Å²) in [5.41, 5.74) is 1.50. The van der Waals surface area contributed by atoms with Crippen LogP contribution in [-0.2, 0) is 0 Å². The number of halogens is 1. The van der Waals surface area contributed by atoms with Crippen LogP contribution < -0.4 is 5.32 Å². The fourth-order valence-corrected chi connectivity index (χ4v) is 5.46. The first-order valence-electron chi connectivity index (χ1n) is 7.90. The Hall–Kier alpha value is 0.01000. The van der Waals surface area contributed by atoms with Gasteiger partial charge in [-0.25, -0.2) is 0 Å². The molecule has 3 rings (SSSR count). The van der Waals surface area contributed by atoms with Crippen molar-refractivity contribution in [3.63, 3.8) is 0 Å². The second-order valence-corrected chi connectivity index (χ2v) is 8.46. The van der Waals surface area contributed by atoms with Crippen LogP contribution in [0, 0.1) is 0 Å². The van der Waals surface area contributed by atoms with Crippen molar-refractivity contribution >= 4 is 27.7 Å². The average Bonchev–Trinajstić information content (AvgIpc) is 2.82. The van der Waals surface area contributed by atoms with Crippen LogP contribution in [0.5, 0.6) is 0 Å². The van der Waals surface area contributed by atoms with Crippen molar-refractivity contribution in [1.29, 1.82) is 0 Å². The minimum Gasteiger partial charge on any atom is -0.310 e. The molecule has 2 saturated carbocycles. The molecule has 1 aromatic rings. The van der Waals surface area contributed by atoms with Gasteiger partial charge in [0, 0.05) is 21.8 Å². The van der Waals surface area contributed by atoms with Crippen molar-refractivity contribution in [1.82, 2.24) is 5.32 Å². The first kappa shape index (κ1) is 14.9. The first-order chi connectivity index (χ1) is 9.78. The number of rotatable bonds is 5. The molecule has 0 saturated heterocycles. The van der Waals surface area contributed by atoms with Gasteiger partial charge < -0.3 is 5.32 Å². The molecule has 20 heavy (non-hydrogen) atoms. The van der Waals surface area contributed by atoms with E-state index in [0.29, 0.717) is 0 Å². The number of nitrogens with one attached hydrogen (secondary N) is 1. The molecule has 0 radical (unpaired) electrons. The Morgan fingerprint density at radius 1 is 1.25 bits per heavy atom. The molecular formula is C17H24BrNS. The van der Waals surface area contributed by atoms with Crippen molar-refractivity contribution in [2.24, 2.45) is 0 Å². The summed E-state index contributed by atoms with van der Waals surface area (Å²) in [6, 6.07) is 10.2. The maximum atomic E-state index is 3.93. The zero-order valence-corrected chi connectivity index (χ0v) is 14.6. The summed E-state index contributed by atoms with van der Waals surface area (Å²) in [4.78, 5) is 0. The Morgan fingerprint density at radius 3 is 2.80 bits per heavy atom. The quantitative estimate of drug-likeness (QED) is 0.802. The highest BCUT2D eigenvalue weighted by Crippen LogP contribution is 2.41. The van der Waals surface area contributed by atoms with Gasteiger partial charge in [0.25, 0.3) is 0 Å². The summed E-state index contributed by atoms with van der Waals surface area (Å²) in [6.45, 7) is 2.28. The van der Waals surface area contributed by atoms with Crippen LogP contribution in [-0.4, -0.2) is 23.1 Å². The third-order valence-corrected chi connectivity index (χ3v) is 6.81. The zero-order valence-electron chi connectivity index (χ0n) is 12.1. The molecule has 1 aromatic carbocycles. The average molecular weight is 354 g/mol. The second kappa shape index (κ2) is 6.85. The van der Waals surface area contributed by atoms with Crippen LogP contribution >= 0.6 is 27.7 Å². The lowest BCUT2D eigenvalue weighted by molar-refractivity contribution is 0.266. The molecule has 2 atom stereocenters. The standard InChI is InChI=1S/C17H24BrNS/c1-2-20-17-9-5-8-16(17)19-13-10-12(11-13)14-6-3-4-7-15(14)18/h3-4,6-7,12-13,16-17,19H,2,5,8-11H2,1H3. The van der Waals surface area contributed by atoms with Crippen LogP contribution in [0.2, 0.25) is 0 Å². The summed E-state index contributed by atoms with van der Waals surface area (Å²) in [6.07, 6.45) is 6.82. The van der Waals surface area contributed by atoms with Crippen LogP contribution in [0.3, 0.4) is 0 Å². The molecule has 2 aliphatic carbocycles. The normalized spacial score (nSPS) is 33.1. The van der Waals surface area contributed by atoms with Crippen molar-refractivity contribution in [2.45, 2.75) is 62.3 Å². The smallest absolute Gasteiger partial charge is 0.0210 e. The number of hydrogen-bond acceptors (Lipinski definition) is 2. The van der Waals surface area contributed by atoms with Gasteiger partial charge in [0.05, 0.1) is 0 Å². The molecule has 1 nitrogen and oxygen atoms in total. The Morgan fingerprint density at radius 2 is 2.05 bits per heavy atom. The van der Waals surface area contributed by atoms with Crippen molar-refractivity contribution in [2.75, 3.05) is 5.75 Å². The van der Waals surface area contributed by atoms with Crippen LogP contribution in [0.4, 0.5) is 0 Å². The third kappa shape index (κ3) is 3.26. The molecule has 0 amide bonds. The van der Waals surface area contributed by atoms with Gasteiger partial charge in [-0.2, -0.15) is 11.8 Å². The number of benzene rings is 1. The molecule has 0 spiro atoms. The highest BCUT2D eigenvalue weighted by atomic mass is 79.9. The van der Waals surface area contributed by atoms with Gasteiger partial charge in [0.2, 0.25) is 0 Å². The summed E-state index contributed by atoms with van der Waals surface area (Å²) in [7, 11) is 0. The van der Waals surface area contributed by atoms with E-state index in [2.05, 4.69) is 64.2 Å². The van der Waals surface area contributed by atoms with Gasteiger partial charge in [-0.1, -0.05) is 47.5 Å². The maximum Gasteiger partial charge on any atom is 0.0210 e. The molecule has 2 aliphatic rings. The second-order valence-electron chi connectivity index (χ2n) is 6.08. The minimum absolute atomic E-state index is 0.746. The van der Waals surface area contributed by atoms with Crippen LogP contribution in [0.25, 0.3) is 0 Å². The summed E-state index contributed by atoms with van der Waals surface area (Å²) in [5, 5.41) is 4.80. The predicted octanol–water partition coefficient (Wildman–Crippen LogP) is 4.96. The highest BCUT2D eigenvalue weighted by Gasteiger charge is 2.35. The van der Waals surface area contributed by atoms with E-state index in [9.17, 15) is 0 Å². The molecule has 0 aromatic heterocycles. The van der Waals surface area contributed by atoms with Gasteiger partial charge in [0.1, 0.15) is 0 Å². The molecule has 2 unspecified atom stereocenters. The van der Waals surface area contributed by atoms with Crippen LogP contribution in [0.15, 0.2) is 28.7 Å². The van der Waals surface area contributed by atoms with Gasteiger partial charge in [0.15, 0.2) is 0 Å². The molecule has 3 heteroatoms. The van der Waals surface area contributed by atoms with Gasteiger partial charge >= 0.3 is 0 Å². The molecule has 1 N–H and O–H groups in total. The van der Waals surface area contributed by atoms with Gasteiger partial charge in [-0.05, 0) is 49.0 Å². The molecule has 0 aliphatic heterocycles. The van der Waals surface area contributed by atoms with Crippen molar-refractivity contribution in [3.05, 3.63) is 34.3 Å². The van der Waals surface area contributed by atoms with E-state index in [1.54, 1.807) is 0 Å². The van der Waals surface area contributed by atoms with Crippen molar-refractivity contribution in [3.8, 4) is 0 Å². The van der Waals surface area contributed by atoms with Gasteiger partial charge in [-0.3, -0.25) is 0 Å². The fraction of sp³-hybridized carbons (Fsp3) is 0.647. The maximum absolute atomic E-state index is 3.93. The zero-order chi connectivity index (χ0) is 13.9. The van der Waals surface area contributed by atoms with E-state index in [1.165, 1.54) is 47.9 Å². The number of hydrogen-bond donors (Lipinski definition) is 1. The Balaban J connectivity index is 1.50.